The Morgan fingerprint density at radius 2 is 1.79 bits per heavy atom. The molecule has 0 unspecified atom stereocenters. The van der Waals surface area contributed by atoms with E-state index in [0.717, 1.165) is 34.0 Å². The molecule has 0 aliphatic rings. The molecule has 1 amide bonds. The number of anilines is 1. The van der Waals surface area contributed by atoms with Crippen molar-refractivity contribution >= 4 is 44.0 Å². The number of amides is 1. The van der Waals surface area contributed by atoms with E-state index in [9.17, 15) is 25.0 Å². The van der Waals surface area contributed by atoms with Gasteiger partial charge >= 0.3 is 0 Å². The third kappa shape index (κ3) is 4.44. The Balaban J connectivity index is 1.84. The Bertz CT molecular complexity index is 1330. The maximum absolute atomic E-state index is 13.5. The molecule has 4 rings (SSSR count). The molecule has 0 spiro atoms. The van der Waals surface area contributed by atoms with E-state index >= 15 is 0 Å². The highest BCUT2D eigenvalue weighted by molar-refractivity contribution is 7.22. The second-order valence-electron chi connectivity index (χ2n) is 7.57. The summed E-state index contributed by atoms with van der Waals surface area (Å²) >= 11 is 1.29. The van der Waals surface area contributed by atoms with Gasteiger partial charge in [0.25, 0.3) is 17.3 Å². The first-order chi connectivity index (χ1) is 15.7. The minimum Gasteiger partial charge on any atom is -0.467 e. The highest BCUT2D eigenvalue weighted by atomic mass is 32.1. The summed E-state index contributed by atoms with van der Waals surface area (Å²) < 4.78 is 6.27. The Kier molecular flexibility index (Phi) is 5.88. The van der Waals surface area contributed by atoms with Crippen molar-refractivity contribution in [3.63, 3.8) is 0 Å². The van der Waals surface area contributed by atoms with Crippen LogP contribution in [0.5, 0.6) is 0 Å². The van der Waals surface area contributed by atoms with Crippen molar-refractivity contribution in [2.45, 2.75) is 26.3 Å². The van der Waals surface area contributed by atoms with Gasteiger partial charge in [0.1, 0.15) is 5.76 Å². The quantitative estimate of drug-likeness (QED) is 0.253. The van der Waals surface area contributed by atoms with Crippen molar-refractivity contribution < 1.29 is 19.1 Å². The number of hydrogen-bond donors (Lipinski definition) is 0. The molecule has 0 atom stereocenters. The summed E-state index contributed by atoms with van der Waals surface area (Å²) in [5, 5.41) is 23.0. The zero-order valence-electron chi connectivity index (χ0n) is 17.6. The van der Waals surface area contributed by atoms with Crippen LogP contribution in [0.15, 0.2) is 59.2 Å². The number of non-ortho nitro benzene ring substituents is 2. The number of fused-ring (bicyclic) bond motifs is 1. The van der Waals surface area contributed by atoms with Gasteiger partial charge in [0, 0.05) is 12.1 Å². The van der Waals surface area contributed by atoms with E-state index in [1.54, 1.807) is 12.1 Å². The molecule has 2 aromatic heterocycles. The molecule has 2 heterocycles. The van der Waals surface area contributed by atoms with Gasteiger partial charge in [-0.15, -0.1) is 0 Å². The maximum Gasteiger partial charge on any atom is 0.277 e. The highest BCUT2D eigenvalue weighted by Gasteiger charge is 2.27. The van der Waals surface area contributed by atoms with Gasteiger partial charge in [0.15, 0.2) is 5.13 Å². The number of carbonyl (C=O) groups excluding carboxylic acids is 1. The van der Waals surface area contributed by atoms with Crippen LogP contribution in [-0.4, -0.2) is 20.7 Å². The van der Waals surface area contributed by atoms with E-state index in [4.69, 9.17) is 9.40 Å². The van der Waals surface area contributed by atoms with E-state index in [1.807, 2.05) is 32.0 Å². The molecule has 11 heteroatoms. The fourth-order valence-corrected chi connectivity index (χ4v) is 4.41. The number of benzene rings is 2. The monoisotopic (exact) mass is 466 g/mol. The summed E-state index contributed by atoms with van der Waals surface area (Å²) in [6.45, 7) is 4.09. The van der Waals surface area contributed by atoms with Crippen LogP contribution in [-0.2, 0) is 6.54 Å². The van der Waals surface area contributed by atoms with E-state index < -0.39 is 27.1 Å². The van der Waals surface area contributed by atoms with Gasteiger partial charge < -0.3 is 4.42 Å². The Hall–Kier alpha value is -4.12. The van der Waals surface area contributed by atoms with Crippen LogP contribution in [0, 0.1) is 20.2 Å². The van der Waals surface area contributed by atoms with Crippen LogP contribution in [0.25, 0.3) is 10.2 Å². The van der Waals surface area contributed by atoms with Gasteiger partial charge in [-0.1, -0.05) is 37.3 Å². The summed E-state index contributed by atoms with van der Waals surface area (Å²) in [7, 11) is 0. The van der Waals surface area contributed by atoms with Crippen LogP contribution >= 0.6 is 11.3 Å². The minimum absolute atomic E-state index is 0.000837. The van der Waals surface area contributed by atoms with Crippen LogP contribution in [0.1, 0.15) is 41.4 Å². The summed E-state index contributed by atoms with van der Waals surface area (Å²) in [5.74, 6) is 0.00673. The average molecular weight is 466 g/mol. The van der Waals surface area contributed by atoms with Crippen LogP contribution < -0.4 is 4.90 Å². The van der Waals surface area contributed by atoms with Crippen LogP contribution in [0.2, 0.25) is 0 Å². The lowest BCUT2D eigenvalue weighted by atomic mass is 10.0. The van der Waals surface area contributed by atoms with Gasteiger partial charge in [-0.05, 0) is 29.7 Å². The highest BCUT2D eigenvalue weighted by Crippen LogP contribution is 2.35. The van der Waals surface area contributed by atoms with Gasteiger partial charge in [-0.25, -0.2) is 4.98 Å². The minimum atomic E-state index is -0.771. The first kappa shape index (κ1) is 22.1. The number of aromatic nitrogens is 1. The standard InChI is InChI=1S/C22H18N4O6S/c1-13(2)18-6-3-7-19-20(18)23-22(33-19)24(12-17-5-4-8-32-17)21(27)14-9-15(25(28)29)11-16(10-14)26(30)31/h3-11,13H,12H2,1-2H3. The molecule has 10 nitrogen and oxygen atoms in total. The molecule has 168 valence electrons. The fraction of sp³-hybridized carbons (Fsp3) is 0.182. The van der Waals surface area contributed by atoms with Gasteiger partial charge in [-0.2, -0.15) is 0 Å². The lowest BCUT2D eigenvalue weighted by Gasteiger charge is -2.18. The second-order valence-corrected chi connectivity index (χ2v) is 8.58. The summed E-state index contributed by atoms with van der Waals surface area (Å²) in [4.78, 5) is 40.6. The lowest BCUT2D eigenvalue weighted by molar-refractivity contribution is -0.394. The normalized spacial score (nSPS) is 11.1. The maximum atomic E-state index is 13.5. The van der Waals surface area contributed by atoms with E-state index in [1.165, 1.54) is 22.5 Å². The second kappa shape index (κ2) is 8.79. The summed E-state index contributed by atoms with van der Waals surface area (Å²) in [5.41, 5.74) is 0.501. The number of nitro benzene ring substituents is 2. The Labute approximate surface area is 191 Å². The molecule has 0 radical (unpaired) electrons. The van der Waals surface area contributed by atoms with E-state index in [0.29, 0.717) is 10.9 Å². The number of hydrogen-bond acceptors (Lipinski definition) is 8. The molecular formula is C22H18N4O6S. The number of thiazole rings is 1. The summed E-state index contributed by atoms with van der Waals surface area (Å²) in [6, 6.07) is 12.0. The molecule has 2 aromatic carbocycles. The Morgan fingerprint density at radius 1 is 1.09 bits per heavy atom. The van der Waals surface area contributed by atoms with Crippen molar-refractivity contribution in [1.82, 2.24) is 4.98 Å². The molecule has 0 aliphatic heterocycles. The van der Waals surface area contributed by atoms with Gasteiger partial charge in [-0.3, -0.25) is 29.9 Å². The number of rotatable bonds is 7. The molecule has 4 aromatic rings. The molecule has 0 bridgehead atoms. The van der Waals surface area contributed by atoms with Crippen molar-refractivity contribution in [3.05, 3.63) is 91.9 Å². The van der Waals surface area contributed by atoms with E-state index in [-0.39, 0.29) is 18.0 Å². The lowest BCUT2D eigenvalue weighted by Crippen LogP contribution is -2.30. The first-order valence-electron chi connectivity index (χ1n) is 9.92. The molecule has 0 saturated carbocycles. The molecule has 0 N–H and O–H groups in total. The predicted molar refractivity (Wildman–Crippen MR) is 123 cm³/mol. The molecule has 33 heavy (non-hydrogen) atoms. The third-order valence-corrected chi connectivity index (χ3v) is 6.05. The van der Waals surface area contributed by atoms with Crippen molar-refractivity contribution in [3.8, 4) is 0 Å². The topological polar surface area (TPSA) is 133 Å². The third-order valence-electron chi connectivity index (χ3n) is 5.00. The Morgan fingerprint density at radius 3 is 2.36 bits per heavy atom. The fourth-order valence-electron chi connectivity index (χ4n) is 3.41. The number of nitro groups is 2. The molecule has 0 saturated heterocycles. The summed E-state index contributed by atoms with van der Waals surface area (Å²) in [6.07, 6.45) is 1.46. The SMILES string of the molecule is CC(C)c1cccc2sc(N(Cc3ccco3)C(=O)c3cc([N+](=O)[O-])cc([N+](=O)[O-])c3)nc12. The number of para-hydroxylation sites is 1. The average Bonchev–Trinajstić information content (AvgIpc) is 3.45. The molecule has 0 fully saturated rings. The van der Waals surface area contributed by atoms with Crippen LogP contribution in [0.3, 0.4) is 0 Å². The molecular weight excluding hydrogens is 448 g/mol. The number of furan rings is 1. The van der Waals surface area contributed by atoms with Crippen molar-refractivity contribution in [2.75, 3.05) is 4.90 Å². The van der Waals surface area contributed by atoms with Crippen LogP contribution in [0.4, 0.5) is 16.5 Å². The smallest absolute Gasteiger partial charge is 0.277 e. The number of nitrogens with zero attached hydrogens (tertiary/aromatic N) is 4. The number of carbonyl (C=O) groups is 1. The van der Waals surface area contributed by atoms with Gasteiger partial charge in [0.2, 0.25) is 0 Å². The first-order valence-corrected chi connectivity index (χ1v) is 10.7. The largest absolute Gasteiger partial charge is 0.467 e. The van der Waals surface area contributed by atoms with Crippen molar-refractivity contribution in [1.29, 1.82) is 0 Å². The predicted octanol–water partition coefficient (Wildman–Crippen LogP) is 5.68. The van der Waals surface area contributed by atoms with Crippen molar-refractivity contribution in [2.24, 2.45) is 0 Å². The zero-order valence-corrected chi connectivity index (χ0v) is 18.4. The molecule has 0 aliphatic carbocycles. The van der Waals surface area contributed by atoms with E-state index in [2.05, 4.69) is 0 Å². The van der Waals surface area contributed by atoms with Gasteiger partial charge in [0.05, 0.1) is 44.5 Å². The zero-order chi connectivity index (χ0) is 23.7.